The molecule has 4 rings (SSSR count). The molecule has 0 radical (unpaired) electrons. The quantitative estimate of drug-likeness (QED) is 0.879. The predicted molar refractivity (Wildman–Crippen MR) is 97.5 cm³/mol. The molecule has 0 spiro atoms. The number of hydrogen-bond donors (Lipinski definition) is 1. The van der Waals surface area contributed by atoms with E-state index in [4.69, 9.17) is 14.2 Å². The van der Waals surface area contributed by atoms with Crippen LogP contribution in [0.25, 0.3) is 11.6 Å². The minimum Gasteiger partial charge on any atom is -0.507 e. The maximum absolute atomic E-state index is 10.8. The summed E-state index contributed by atoms with van der Waals surface area (Å²) in [5.41, 5.74) is 3.45. The van der Waals surface area contributed by atoms with E-state index in [0.29, 0.717) is 12.4 Å². The lowest BCUT2D eigenvalue weighted by molar-refractivity contribution is 0.0837. The van der Waals surface area contributed by atoms with E-state index >= 15 is 0 Å². The van der Waals surface area contributed by atoms with Crippen LogP contribution in [0.15, 0.2) is 30.3 Å². The molecule has 0 saturated heterocycles. The van der Waals surface area contributed by atoms with Gasteiger partial charge in [0.1, 0.15) is 35.2 Å². The highest BCUT2D eigenvalue weighted by atomic mass is 16.5. The van der Waals surface area contributed by atoms with E-state index in [2.05, 4.69) is 19.9 Å². The zero-order valence-electron chi connectivity index (χ0n) is 14.8. The van der Waals surface area contributed by atoms with Crippen molar-refractivity contribution in [2.75, 3.05) is 13.7 Å². The van der Waals surface area contributed by atoms with Crippen LogP contribution in [0.5, 0.6) is 23.0 Å². The van der Waals surface area contributed by atoms with Gasteiger partial charge in [-0.05, 0) is 57.0 Å². The molecule has 0 aromatic heterocycles. The predicted octanol–water partition coefficient (Wildman–Crippen LogP) is 4.44. The van der Waals surface area contributed by atoms with Gasteiger partial charge >= 0.3 is 0 Å². The number of ether oxygens (including phenoxy) is 3. The van der Waals surface area contributed by atoms with E-state index in [0.717, 1.165) is 52.4 Å². The van der Waals surface area contributed by atoms with Crippen molar-refractivity contribution in [3.05, 3.63) is 47.0 Å². The molecule has 0 bridgehead atoms. The molecule has 0 atom stereocenters. The van der Waals surface area contributed by atoms with Crippen LogP contribution in [0.1, 0.15) is 37.0 Å². The smallest absolute Gasteiger partial charge is 0.130 e. The third-order valence-corrected chi connectivity index (χ3v) is 4.88. The Morgan fingerprint density at radius 2 is 1.96 bits per heavy atom. The van der Waals surface area contributed by atoms with Crippen molar-refractivity contribution in [1.29, 1.82) is 0 Å². The van der Waals surface area contributed by atoms with Crippen LogP contribution in [-0.2, 0) is 6.42 Å². The maximum atomic E-state index is 10.8. The fourth-order valence-electron chi connectivity index (χ4n) is 3.42. The van der Waals surface area contributed by atoms with Crippen LogP contribution in [-0.4, -0.2) is 24.4 Å². The van der Waals surface area contributed by atoms with Crippen molar-refractivity contribution in [2.45, 2.75) is 32.3 Å². The molecular weight excluding hydrogens is 316 g/mol. The van der Waals surface area contributed by atoms with E-state index in [9.17, 15) is 5.11 Å². The molecule has 25 heavy (non-hydrogen) atoms. The molecule has 0 saturated carbocycles. The summed E-state index contributed by atoms with van der Waals surface area (Å²) in [4.78, 5) is 0. The number of fused-ring (bicyclic) bond motifs is 2. The molecule has 2 heterocycles. The number of methoxy groups -OCH3 is 1. The summed E-state index contributed by atoms with van der Waals surface area (Å²) in [6, 6.07) is 9.62. The van der Waals surface area contributed by atoms with Gasteiger partial charge in [-0.25, -0.2) is 0 Å². The molecule has 0 amide bonds. The van der Waals surface area contributed by atoms with E-state index in [1.54, 1.807) is 7.11 Å². The number of phenolic OH excluding ortho intramolecular Hbond substituents is 1. The highest BCUT2D eigenvalue weighted by Crippen LogP contribution is 2.43. The van der Waals surface area contributed by atoms with Crippen LogP contribution >= 0.6 is 0 Å². The van der Waals surface area contributed by atoms with Crippen LogP contribution in [0.4, 0.5) is 0 Å². The molecule has 4 nitrogen and oxygen atoms in total. The Balaban J connectivity index is 1.72. The maximum Gasteiger partial charge on any atom is 0.130 e. The molecular formula is C21H22O4. The van der Waals surface area contributed by atoms with Gasteiger partial charge in [0.05, 0.1) is 7.11 Å². The zero-order valence-corrected chi connectivity index (χ0v) is 14.8. The van der Waals surface area contributed by atoms with Gasteiger partial charge < -0.3 is 19.3 Å². The van der Waals surface area contributed by atoms with Gasteiger partial charge in [0.15, 0.2) is 0 Å². The van der Waals surface area contributed by atoms with Gasteiger partial charge in [-0.2, -0.15) is 0 Å². The molecule has 130 valence electrons. The Morgan fingerprint density at radius 3 is 2.76 bits per heavy atom. The van der Waals surface area contributed by atoms with Gasteiger partial charge in [-0.3, -0.25) is 0 Å². The van der Waals surface area contributed by atoms with Gasteiger partial charge in [0.25, 0.3) is 0 Å². The second kappa shape index (κ2) is 5.73. The van der Waals surface area contributed by atoms with Crippen molar-refractivity contribution in [3.8, 4) is 23.0 Å². The summed E-state index contributed by atoms with van der Waals surface area (Å²) < 4.78 is 17.1. The Labute approximate surface area is 147 Å². The van der Waals surface area contributed by atoms with E-state index in [1.165, 1.54) is 0 Å². The third kappa shape index (κ3) is 2.82. The first-order valence-electron chi connectivity index (χ1n) is 8.52. The van der Waals surface area contributed by atoms with Gasteiger partial charge in [0, 0.05) is 28.3 Å². The summed E-state index contributed by atoms with van der Waals surface area (Å²) in [6.07, 6.45) is 3.76. The van der Waals surface area contributed by atoms with Gasteiger partial charge in [0.2, 0.25) is 0 Å². The van der Waals surface area contributed by atoms with Crippen molar-refractivity contribution in [1.82, 2.24) is 0 Å². The first-order chi connectivity index (χ1) is 12.0. The van der Waals surface area contributed by atoms with E-state index in [-0.39, 0.29) is 5.60 Å². The molecule has 2 aromatic carbocycles. The largest absolute Gasteiger partial charge is 0.507 e. The highest BCUT2D eigenvalue weighted by Gasteiger charge is 2.29. The summed E-state index contributed by atoms with van der Waals surface area (Å²) in [5.74, 6) is 2.65. The van der Waals surface area contributed by atoms with Gasteiger partial charge in [-0.15, -0.1) is 0 Å². The van der Waals surface area contributed by atoms with Crippen LogP contribution in [0, 0.1) is 0 Å². The average Bonchev–Trinajstić information content (AvgIpc) is 2.60. The number of hydrogen-bond acceptors (Lipinski definition) is 4. The SMILES string of the molecule is COc1ccc2c(c1)OCC(c1ccc3c(c1O)CCC(C)(C)O3)=C2. The molecule has 1 N–H and O–H groups in total. The summed E-state index contributed by atoms with van der Waals surface area (Å²) in [6.45, 7) is 4.56. The standard InChI is InChI=1S/C21H22O4/c1-21(2)9-8-17-18(25-21)7-6-16(20(17)22)14-10-13-4-5-15(23-3)11-19(13)24-12-14/h4-7,10-11,22H,8-9,12H2,1-3H3. The topological polar surface area (TPSA) is 47.9 Å². The molecule has 2 aliphatic heterocycles. The molecule has 0 aliphatic carbocycles. The summed E-state index contributed by atoms with van der Waals surface area (Å²) >= 11 is 0. The lowest BCUT2D eigenvalue weighted by Gasteiger charge is -2.33. The Hall–Kier alpha value is -2.62. The number of rotatable bonds is 2. The van der Waals surface area contributed by atoms with Crippen molar-refractivity contribution in [2.24, 2.45) is 0 Å². The highest BCUT2D eigenvalue weighted by molar-refractivity contribution is 5.88. The van der Waals surface area contributed by atoms with Crippen molar-refractivity contribution in [3.63, 3.8) is 0 Å². The molecule has 4 heteroatoms. The molecule has 2 aliphatic rings. The van der Waals surface area contributed by atoms with Crippen LogP contribution in [0.3, 0.4) is 0 Å². The monoisotopic (exact) mass is 338 g/mol. The van der Waals surface area contributed by atoms with Crippen LogP contribution in [0.2, 0.25) is 0 Å². The lowest BCUT2D eigenvalue weighted by atomic mass is 9.90. The molecule has 0 unspecified atom stereocenters. The molecule has 2 aromatic rings. The first-order valence-corrected chi connectivity index (χ1v) is 8.52. The summed E-state index contributed by atoms with van der Waals surface area (Å²) in [7, 11) is 1.64. The third-order valence-electron chi connectivity index (χ3n) is 4.88. The lowest BCUT2D eigenvalue weighted by Crippen LogP contribution is -2.32. The van der Waals surface area contributed by atoms with Crippen LogP contribution < -0.4 is 14.2 Å². The second-order valence-electron chi connectivity index (χ2n) is 7.16. The fourth-order valence-corrected chi connectivity index (χ4v) is 3.42. The number of phenols is 1. The first kappa shape index (κ1) is 15.9. The zero-order chi connectivity index (χ0) is 17.6. The van der Waals surface area contributed by atoms with Gasteiger partial charge in [-0.1, -0.05) is 0 Å². The number of benzene rings is 2. The fraction of sp³-hybridized carbons (Fsp3) is 0.333. The molecule has 0 fully saturated rings. The summed E-state index contributed by atoms with van der Waals surface area (Å²) in [5, 5.41) is 10.8. The van der Waals surface area contributed by atoms with Crippen molar-refractivity contribution >= 4 is 11.6 Å². The minimum absolute atomic E-state index is 0.188. The Morgan fingerprint density at radius 1 is 1.12 bits per heavy atom. The Bertz CT molecular complexity index is 864. The Kier molecular flexibility index (Phi) is 3.64. The normalized spacial score (nSPS) is 17.5. The average molecular weight is 338 g/mol. The number of aromatic hydroxyl groups is 1. The second-order valence-corrected chi connectivity index (χ2v) is 7.16. The van der Waals surface area contributed by atoms with Crippen molar-refractivity contribution < 1.29 is 19.3 Å². The van der Waals surface area contributed by atoms with E-state index in [1.807, 2.05) is 30.3 Å². The minimum atomic E-state index is -0.188. The van der Waals surface area contributed by atoms with E-state index < -0.39 is 0 Å².